The number of hydrogen-bond acceptors (Lipinski definition) is 2. The SMILES string of the molecule is CC(CN)CCCCCCCCCN. The second kappa shape index (κ2) is 11.0. The Bertz CT molecular complexity index is 104. The van der Waals surface area contributed by atoms with Gasteiger partial charge in [0, 0.05) is 0 Å². The van der Waals surface area contributed by atoms with Crippen LogP contribution in [0.4, 0.5) is 0 Å². The van der Waals surface area contributed by atoms with Gasteiger partial charge in [-0.3, -0.25) is 0 Å². The summed E-state index contributed by atoms with van der Waals surface area (Å²) in [6.45, 7) is 3.94. The van der Waals surface area contributed by atoms with Gasteiger partial charge in [0.25, 0.3) is 0 Å². The average Bonchev–Trinajstić information content (AvgIpc) is 2.21. The molecule has 0 aromatic rings. The van der Waals surface area contributed by atoms with E-state index in [2.05, 4.69) is 6.92 Å². The lowest BCUT2D eigenvalue weighted by atomic mass is 10.0. The molecule has 0 aliphatic rings. The van der Waals surface area contributed by atoms with Gasteiger partial charge < -0.3 is 11.5 Å². The molecule has 1 unspecified atom stereocenters. The summed E-state index contributed by atoms with van der Waals surface area (Å²) in [6, 6.07) is 0. The van der Waals surface area contributed by atoms with E-state index >= 15 is 0 Å². The molecule has 2 heteroatoms. The molecule has 2 nitrogen and oxygen atoms in total. The lowest BCUT2D eigenvalue weighted by Crippen LogP contribution is -2.10. The Morgan fingerprint density at radius 3 is 1.79 bits per heavy atom. The van der Waals surface area contributed by atoms with Crippen molar-refractivity contribution < 1.29 is 0 Å². The van der Waals surface area contributed by atoms with Crippen LogP contribution < -0.4 is 11.5 Å². The Hall–Kier alpha value is -0.0800. The first kappa shape index (κ1) is 13.9. The molecule has 0 saturated carbocycles. The van der Waals surface area contributed by atoms with Crippen LogP contribution >= 0.6 is 0 Å². The monoisotopic (exact) mass is 200 g/mol. The van der Waals surface area contributed by atoms with Gasteiger partial charge in [-0.05, 0) is 31.8 Å². The van der Waals surface area contributed by atoms with Crippen LogP contribution in [0.1, 0.15) is 58.3 Å². The number of rotatable bonds is 10. The molecule has 0 bridgehead atoms. The summed E-state index contributed by atoms with van der Waals surface area (Å²) in [4.78, 5) is 0. The molecule has 0 spiro atoms. The van der Waals surface area contributed by atoms with Gasteiger partial charge >= 0.3 is 0 Å². The van der Waals surface area contributed by atoms with E-state index in [1.165, 1.54) is 51.4 Å². The van der Waals surface area contributed by atoms with Crippen LogP contribution in [0, 0.1) is 5.92 Å². The molecule has 86 valence electrons. The summed E-state index contributed by atoms with van der Waals surface area (Å²) < 4.78 is 0. The minimum Gasteiger partial charge on any atom is -0.330 e. The molecule has 14 heavy (non-hydrogen) atoms. The summed E-state index contributed by atoms with van der Waals surface area (Å²) in [7, 11) is 0. The minimum absolute atomic E-state index is 0.715. The van der Waals surface area contributed by atoms with Crippen molar-refractivity contribution in [1.82, 2.24) is 0 Å². The molecule has 0 rings (SSSR count). The standard InChI is InChI=1S/C12H28N2/c1-12(11-14)9-7-5-3-2-4-6-8-10-13/h12H,2-11,13-14H2,1H3. The van der Waals surface area contributed by atoms with Crippen molar-refractivity contribution >= 4 is 0 Å². The molecule has 1 atom stereocenters. The van der Waals surface area contributed by atoms with Gasteiger partial charge in [0.2, 0.25) is 0 Å². The predicted molar refractivity (Wildman–Crippen MR) is 64.2 cm³/mol. The van der Waals surface area contributed by atoms with Gasteiger partial charge in [0.1, 0.15) is 0 Å². The smallest absolute Gasteiger partial charge is 0.00515 e. The summed E-state index contributed by atoms with van der Waals surface area (Å²) in [6.07, 6.45) is 10.7. The molecule has 0 radical (unpaired) electrons. The molecule has 0 aromatic carbocycles. The second-order valence-corrected chi connectivity index (χ2v) is 4.39. The maximum atomic E-state index is 5.56. The van der Waals surface area contributed by atoms with E-state index in [0.29, 0.717) is 5.92 Å². The summed E-state index contributed by atoms with van der Waals surface area (Å²) in [5.74, 6) is 0.715. The van der Waals surface area contributed by atoms with Crippen LogP contribution in [0.5, 0.6) is 0 Å². The van der Waals surface area contributed by atoms with Crippen molar-refractivity contribution in [3.05, 3.63) is 0 Å². The first-order valence-electron chi connectivity index (χ1n) is 6.21. The van der Waals surface area contributed by atoms with Gasteiger partial charge in [-0.1, -0.05) is 45.4 Å². The number of hydrogen-bond donors (Lipinski definition) is 2. The Morgan fingerprint density at radius 2 is 1.29 bits per heavy atom. The lowest BCUT2D eigenvalue weighted by molar-refractivity contribution is 0.488. The fourth-order valence-corrected chi connectivity index (χ4v) is 1.64. The Kier molecular flexibility index (Phi) is 10.9. The fourth-order valence-electron chi connectivity index (χ4n) is 1.64. The van der Waals surface area contributed by atoms with Gasteiger partial charge in [0.15, 0.2) is 0 Å². The van der Waals surface area contributed by atoms with Crippen LogP contribution in [-0.4, -0.2) is 13.1 Å². The molecule has 0 aliphatic heterocycles. The van der Waals surface area contributed by atoms with Crippen LogP contribution in [0.25, 0.3) is 0 Å². The van der Waals surface area contributed by atoms with E-state index in [4.69, 9.17) is 11.5 Å². The normalized spacial score (nSPS) is 13.1. The lowest BCUT2D eigenvalue weighted by Gasteiger charge is -2.07. The molecule has 0 heterocycles. The van der Waals surface area contributed by atoms with E-state index < -0.39 is 0 Å². The van der Waals surface area contributed by atoms with Crippen LogP contribution in [0.2, 0.25) is 0 Å². The third-order valence-corrected chi connectivity index (χ3v) is 2.80. The van der Waals surface area contributed by atoms with E-state index in [1.807, 2.05) is 0 Å². The second-order valence-electron chi connectivity index (χ2n) is 4.39. The topological polar surface area (TPSA) is 52.0 Å². The van der Waals surface area contributed by atoms with Crippen molar-refractivity contribution in [2.75, 3.05) is 13.1 Å². The predicted octanol–water partition coefficient (Wildman–Crippen LogP) is 2.66. The summed E-state index contributed by atoms with van der Waals surface area (Å²) in [5.41, 5.74) is 11.0. The third-order valence-electron chi connectivity index (χ3n) is 2.80. The first-order valence-corrected chi connectivity index (χ1v) is 6.21. The van der Waals surface area contributed by atoms with Crippen molar-refractivity contribution in [2.45, 2.75) is 58.3 Å². The van der Waals surface area contributed by atoms with E-state index in [0.717, 1.165) is 13.1 Å². The van der Waals surface area contributed by atoms with Crippen LogP contribution in [0.3, 0.4) is 0 Å². The average molecular weight is 200 g/mol. The summed E-state index contributed by atoms with van der Waals surface area (Å²) in [5, 5.41) is 0. The van der Waals surface area contributed by atoms with Gasteiger partial charge in [-0.15, -0.1) is 0 Å². The maximum Gasteiger partial charge on any atom is -0.00515 e. The highest BCUT2D eigenvalue weighted by atomic mass is 14.5. The minimum atomic E-state index is 0.715. The molecular weight excluding hydrogens is 172 g/mol. The quantitative estimate of drug-likeness (QED) is 0.533. The van der Waals surface area contributed by atoms with Crippen molar-refractivity contribution in [3.8, 4) is 0 Å². The highest BCUT2D eigenvalue weighted by Gasteiger charge is 1.98. The van der Waals surface area contributed by atoms with Crippen molar-refractivity contribution in [3.63, 3.8) is 0 Å². The zero-order valence-electron chi connectivity index (χ0n) is 9.80. The molecule has 0 fully saturated rings. The molecule has 0 saturated heterocycles. The molecule has 0 amide bonds. The summed E-state index contributed by atoms with van der Waals surface area (Å²) >= 11 is 0. The van der Waals surface area contributed by atoms with E-state index in [1.54, 1.807) is 0 Å². The highest BCUT2D eigenvalue weighted by Crippen LogP contribution is 2.11. The molecule has 0 aromatic heterocycles. The van der Waals surface area contributed by atoms with Gasteiger partial charge in [0.05, 0.1) is 0 Å². The first-order chi connectivity index (χ1) is 6.81. The fraction of sp³-hybridized carbons (Fsp3) is 1.00. The molecule has 0 aliphatic carbocycles. The molecular formula is C12H28N2. The van der Waals surface area contributed by atoms with Crippen molar-refractivity contribution in [1.29, 1.82) is 0 Å². The Labute approximate surface area is 89.4 Å². The van der Waals surface area contributed by atoms with E-state index in [9.17, 15) is 0 Å². The number of unbranched alkanes of at least 4 members (excludes halogenated alkanes) is 6. The van der Waals surface area contributed by atoms with Crippen LogP contribution in [-0.2, 0) is 0 Å². The van der Waals surface area contributed by atoms with E-state index in [-0.39, 0.29) is 0 Å². The van der Waals surface area contributed by atoms with Crippen LogP contribution in [0.15, 0.2) is 0 Å². The van der Waals surface area contributed by atoms with Gasteiger partial charge in [-0.25, -0.2) is 0 Å². The van der Waals surface area contributed by atoms with Gasteiger partial charge in [-0.2, -0.15) is 0 Å². The van der Waals surface area contributed by atoms with Crippen molar-refractivity contribution in [2.24, 2.45) is 17.4 Å². The Balaban J connectivity index is 2.92. The highest BCUT2D eigenvalue weighted by molar-refractivity contribution is 4.54. The Morgan fingerprint density at radius 1 is 0.786 bits per heavy atom. The molecule has 4 N–H and O–H groups in total. The number of nitrogens with two attached hydrogens (primary N) is 2. The third kappa shape index (κ3) is 10.0. The zero-order chi connectivity index (χ0) is 10.6. The maximum absolute atomic E-state index is 5.56. The zero-order valence-corrected chi connectivity index (χ0v) is 9.80. The largest absolute Gasteiger partial charge is 0.330 e.